The number of benzene rings is 1. The van der Waals surface area contributed by atoms with Gasteiger partial charge in [0.25, 0.3) is 0 Å². The van der Waals surface area contributed by atoms with E-state index in [1.165, 1.54) is 19.3 Å². The molecule has 0 unspecified atom stereocenters. The standard InChI is InChI=1S/C21H30ClN3O/c22-17-3-1-4-19(15-17)23-18-9-7-16(8-10-18)21(26)25-13-11-24(12-14-25)20-5-2-6-20/h1,3-4,15-16,18,20,23H,2,5-14H2. The van der Waals surface area contributed by atoms with Crippen LogP contribution in [0.15, 0.2) is 24.3 Å². The van der Waals surface area contributed by atoms with Crippen molar-refractivity contribution < 1.29 is 4.79 Å². The van der Waals surface area contributed by atoms with Crippen molar-refractivity contribution in [3.63, 3.8) is 0 Å². The average Bonchev–Trinajstić information content (AvgIpc) is 2.61. The minimum atomic E-state index is 0.225. The lowest BCUT2D eigenvalue weighted by Gasteiger charge is -2.44. The highest BCUT2D eigenvalue weighted by Gasteiger charge is 2.33. The van der Waals surface area contributed by atoms with E-state index in [4.69, 9.17) is 11.6 Å². The van der Waals surface area contributed by atoms with Crippen molar-refractivity contribution in [2.45, 2.75) is 57.0 Å². The van der Waals surface area contributed by atoms with Gasteiger partial charge in [-0.1, -0.05) is 24.1 Å². The maximum absolute atomic E-state index is 12.9. The first-order chi connectivity index (χ1) is 12.7. The van der Waals surface area contributed by atoms with Crippen molar-refractivity contribution in [2.24, 2.45) is 5.92 Å². The number of hydrogen-bond acceptors (Lipinski definition) is 3. The van der Waals surface area contributed by atoms with Crippen molar-refractivity contribution in [1.29, 1.82) is 0 Å². The average molecular weight is 376 g/mol. The molecule has 2 aliphatic carbocycles. The van der Waals surface area contributed by atoms with Crippen LogP contribution in [-0.2, 0) is 4.79 Å². The third-order valence-corrected chi connectivity index (χ3v) is 6.72. The first-order valence-corrected chi connectivity index (χ1v) is 10.6. The monoisotopic (exact) mass is 375 g/mol. The molecule has 1 aromatic carbocycles. The Morgan fingerprint density at radius 3 is 2.35 bits per heavy atom. The fraction of sp³-hybridized carbons (Fsp3) is 0.667. The molecule has 4 rings (SSSR count). The highest BCUT2D eigenvalue weighted by molar-refractivity contribution is 6.30. The van der Waals surface area contributed by atoms with E-state index < -0.39 is 0 Å². The van der Waals surface area contributed by atoms with Crippen LogP contribution in [-0.4, -0.2) is 54.0 Å². The molecule has 1 aromatic rings. The Kier molecular flexibility index (Phi) is 5.70. The molecule has 0 atom stereocenters. The largest absolute Gasteiger partial charge is 0.382 e. The number of anilines is 1. The van der Waals surface area contributed by atoms with Crippen LogP contribution in [0.1, 0.15) is 44.9 Å². The summed E-state index contributed by atoms with van der Waals surface area (Å²) in [7, 11) is 0. The zero-order valence-corrected chi connectivity index (χ0v) is 16.3. The number of carbonyl (C=O) groups is 1. The SMILES string of the molecule is O=C(C1CCC(Nc2cccc(Cl)c2)CC1)N1CCN(C2CCC2)CC1. The second-order valence-electron chi connectivity index (χ2n) is 8.15. The second kappa shape index (κ2) is 8.18. The number of halogens is 1. The molecule has 3 fully saturated rings. The van der Waals surface area contributed by atoms with Gasteiger partial charge in [-0.2, -0.15) is 0 Å². The summed E-state index contributed by atoms with van der Waals surface area (Å²) in [6.45, 7) is 4.00. The molecule has 1 heterocycles. The Balaban J connectivity index is 1.22. The van der Waals surface area contributed by atoms with Gasteiger partial charge in [-0.25, -0.2) is 0 Å². The number of nitrogens with zero attached hydrogens (tertiary/aromatic N) is 2. The number of rotatable bonds is 4. The second-order valence-corrected chi connectivity index (χ2v) is 8.59. The molecule has 1 amide bonds. The molecule has 3 aliphatic rings. The number of carbonyl (C=O) groups excluding carboxylic acids is 1. The topological polar surface area (TPSA) is 35.6 Å². The molecule has 1 aliphatic heterocycles. The maximum atomic E-state index is 12.9. The lowest BCUT2D eigenvalue weighted by Crippen LogP contribution is -2.54. The van der Waals surface area contributed by atoms with Crippen molar-refractivity contribution in [1.82, 2.24) is 9.80 Å². The predicted octanol–water partition coefficient (Wildman–Crippen LogP) is 4.01. The predicted molar refractivity (Wildman–Crippen MR) is 107 cm³/mol. The Hall–Kier alpha value is -1.26. The molecule has 0 spiro atoms. The van der Waals surface area contributed by atoms with Crippen molar-refractivity contribution >= 4 is 23.2 Å². The molecule has 1 saturated heterocycles. The Bertz CT molecular complexity index is 617. The molecule has 4 nitrogen and oxygen atoms in total. The summed E-state index contributed by atoms with van der Waals surface area (Å²) in [5, 5.41) is 4.34. The third kappa shape index (κ3) is 4.17. The molecule has 1 N–H and O–H groups in total. The van der Waals surface area contributed by atoms with Crippen molar-refractivity contribution in [3.8, 4) is 0 Å². The summed E-state index contributed by atoms with van der Waals surface area (Å²) in [5.74, 6) is 0.627. The van der Waals surface area contributed by atoms with E-state index in [1.807, 2.05) is 18.2 Å². The third-order valence-electron chi connectivity index (χ3n) is 6.49. The summed E-state index contributed by atoms with van der Waals surface area (Å²) in [6, 6.07) is 9.16. The van der Waals surface area contributed by atoms with Crippen LogP contribution < -0.4 is 5.32 Å². The van der Waals surface area contributed by atoms with E-state index in [-0.39, 0.29) is 5.92 Å². The molecule has 0 radical (unpaired) electrons. The quantitative estimate of drug-likeness (QED) is 0.863. The lowest BCUT2D eigenvalue weighted by atomic mass is 9.84. The molecule has 0 bridgehead atoms. The molecule has 0 aromatic heterocycles. The molecular weight excluding hydrogens is 346 g/mol. The number of amides is 1. The van der Waals surface area contributed by atoms with Gasteiger partial charge in [0.2, 0.25) is 5.91 Å². The van der Waals surface area contributed by atoms with Gasteiger partial charge in [-0.3, -0.25) is 9.69 Å². The van der Waals surface area contributed by atoms with Crippen LogP contribution in [0.25, 0.3) is 0 Å². The molecule has 26 heavy (non-hydrogen) atoms. The van der Waals surface area contributed by atoms with E-state index in [0.717, 1.165) is 68.6 Å². The smallest absolute Gasteiger partial charge is 0.225 e. The van der Waals surface area contributed by atoms with Crippen LogP contribution in [0.3, 0.4) is 0 Å². The molecule has 5 heteroatoms. The van der Waals surface area contributed by atoms with Crippen LogP contribution in [0, 0.1) is 5.92 Å². The fourth-order valence-corrected chi connectivity index (χ4v) is 4.81. The summed E-state index contributed by atoms with van der Waals surface area (Å²) in [6.07, 6.45) is 8.22. The van der Waals surface area contributed by atoms with Gasteiger partial charge >= 0.3 is 0 Å². The van der Waals surface area contributed by atoms with E-state index in [2.05, 4.69) is 21.2 Å². The lowest BCUT2D eigenvalue weighted by molar-refractivity contribution is -0.139. The Labute approximate surface area is 161 Å². The first kappa shape index (κ1) is 18.1. The summed E-state index contributed by atoms with van der Waals surface area (Å²) in [5.41, 5.74) is 1.08. The Morgan fingerprint density at radius 1 is 1.00 bits per heavy atom. The van der Waals surface area contributed by atoms with Gasteiger partial charge in [0.15, 0.2) is 0 Å². The van der Waals surface area contributed by atoms with Crippen LogP contribution in [0.5, 0.6) is 0 Å². The fourth-order valence-electron chi connectivity index (χ4n) is 4.62. The van der Waals surface area contributed by atoms with E-state index >= 15 is 0 Å². The van der Waals surface area contributed by atoms with Gasteiger partial charge in [0.05, 0.1) is 0 Å². The van der Waals surface area contributed by atoms with Crippen LogP contribution in [0.2, 0.25) is 5.02 Å². The Morgan fingerprint density at radius 2 is 1.73 bits per heavy atom. The zero-order valence-electron chi connectivity index (χ0n) is 15.5. The van der Waals surface area contributed by atoms with Gasteiger partial charge in [-0.05, 0) is 56.7 Å². The van der Waals surface area contributed by atoms with Crippen molar-refractivity contribution in [2.75, 3.05) is 31.5 Å². The van der Waals surface area contributed by atoms with Gasteiger partial charge < -0.3 is 10.2 Å². The minimum absolute atomic E-state index is 0.225. The van der Waals surface area contributed by atoms with Crippen LogP contribution in [0.4, 0.5) is 5.69 Å². The normalized spacial score (nSPS) is 27.8. The summed E-state index contributed by atoms with van der Waals surface area (Å²) in [4.78, 5) is 17.6. The maximum Gasteiger partial charge on any atom is 0.225 e. The van der Waals surface area contributed by atoms with Gasteiger partial charge in [0.1, 0.15) is 0 Å². The van der Waals surface area contributed by atoms with E-state index in [9.17, 15) is 4.79 Å². The highest BCUT2D eigenvalue weighted by atomic mass is 35.5. The molecular formula is C21H30ClN3O. The van der Waals surface area contributed by atoms with E-state index in [1.54, 1.807) is 0 Å². The number of hydrogen-bond donors (Lipinski definition) is 1. The molecule has 2 saturated carbocycles. The number of piperazine rings is 1. The van der Waals surface area contributed by atoms with Crippen molar-refractivity contribution in [3.05, 3.63) is 29.3 Å². The first-order valence-electron chi connectivity index (χ1n) is 10.2. The minimum Gasteiger partial charge on any atom is -0.382 e. The highest BCUT2D eigenvalue weighted by Crippen LogP contribution is 2.30. The number of nitrogens with one attached hydrogen (secondary N) is 1. The van der Waals surface area contributed by atoms with Gasteiger partial charge in [-0.15, -0.1) is 0 Å². The summed E-state index contributed by atoms with van der Waals surface area (Å²) < 4.78 is 0. The van der Waals surface area contributed by atoms with E-state index in [0.29, 0.717) is 11.9 Å². The van der Waals surface area contributed by atoms with Crippen LogP contribution >= 0.6 is 11.6 Å². The molecule has 142 valence electrons. The summed E-state index contributed by atoms with van der Waals surface area (Å²) >= 11 is 6.06. The zero-order chi connectivity index (χ0) is 17.9. The van der Waals surface area contributed by atoms with Gasteiger partial charge in [0, 0.05) is 54.9 Å².